The van der Waals surface area contributed by atoms with Crippen LogP contribution in [-0.2, 0) is 6.42 Å². The van der Waals surface area contributed by atoms with Gasteiger partial charge in [0.25, 0.3) is 0 Å². The van der Waals surface area contributed by atoms with E-state index < -0.39 is 0 Å². The van der Waals surface area contributed by atoms with Crippen molar-refractivity contribution in [2.75, 3.05) is 13.6 Å². The van der Waals surface area contributed by atoms with Crippen LogP contribution in [0.2, 0.25) is 0 Å². The number of imidazole rings is 1. The molecule has 2 aromatic heterocycles. The Balaban J connectivity index is 0.00000256. The normalized spacial score (nSPS) is 17.6. The highest BCUT2D eigenvalue weighted by Crippen LogP contribution is 2.39. The molecule has 1 atom stereocenters. The van der Waals surface area contributed by atoms with Gasteiger partial charge in [-0.25, -0.2) is 4.98 Å². The third-order valence-corrected chi connectivity index (χ3v) is 5.31. The molecule has 0 spiro atoms. The number of nitrogens with one attached hydrogen (secondary N) is 2. The molecule has 0 fully saturated rings. The number of fused-ring (bicyclic) bond motifs is 2. The smallest absolute Gasteiger partial charge is 0.191 e. The number of hydrogen-bond donors (Lipinski definition) is 2. The number of rotatable bonds is 4. The van der Waals surface area contributed by atoms with Gasteiger partial charge in [0.15, 0.2) is 5.96 Å². The molecule has 2 N–H and O–H groups in total. The van der Waals surface area contributed by atoms with Crippen molar-refractivity contribution >= 4 is 35.6 Å². The monoisotopic (exact) mass is 519 g/mol. The van der Waals surface area contributed by atoms with Gasteiger partial charge in [0.05, 0.1) is 11.7 Å². The van der Waals surface area contributed by atoms with E-state index in [-0.39, 0.29) is 35.6 Å². The topological polar surface area (TPSA) is 63.0 Å². The number of halogens is 1. The lowest BCUT2D eigenvalue weighted by molar-refractivity contribution is 0.0694. The summed E-state index contributed by atoms with van der Waals surface area (Å²) in [6, 6.07) is 12.5. The minimum absolute atomic E-state index is 0. The van der Waals surface area contributed by atoms with Gasteiger partial charge in [0, 0.05) is 44.4 Å². The molecule has 3 heterocycles. The summed E-state index contributed by atoms with van der Waals surface area (Å²) >= 11 is 0. The van der Waals surface area contributed by atoms with Crippen LogP contribution in [0.25, 0.3) is 5.65 Å². The molecule has 160 valence electrons. The maximum atomic E-state index is 6.13. The number of aryl methyl sites for hydroxylation is 1. The van der Waals surface area contributed by atoms with Gasteiger partial charge in [-0.3, -0.25) is 4.99 Å². The Morgan fingerprint density at radius 3 is 2.83 bits per heavy atom. The number of para-hydroxylation sites is 1. The van der Waals surface area contributed by atoms with Gasteiger partial charge in [-0.2, -0.15) is 0 Å². The summed E-state index contributed by atoms with van der Waals surface area (Å²) in [4.78, 5) is 9.16. The van der Waals surface area contributed by atoms with Crippen LogP contribution in [0.15, 0.2) is 53.8 Å². The molecule has 3 aromatic rings. The van der Waals surface area contributed by atoms with E-state index in [1.54, 1.807) is 7.05 Å². The largest absolute Gasteiger partial charge is 0.487 e. The molecule has 0 amide bonds. The molecule has 0 radical (unpaired) electrons. The maximum absolute atomic E-state index is 6.13. The first-order valence-corrected chi connectivity index (χ1v) is 10.1. The second kappa shape index (κ2) is 9.24. The molecule has 1 aliphatic heterocycles. The lowest BCUT2D eigenvalue weighted by Gasteiger charge is -2.38. The molecular weight excluding hydrogens is 489 g/mol. The fourth-order valence-electron chi connectivity index (χ4n) is 3.92. The van der Waals surface area contributed by atoms with E-state index in [4.69, 9.17) is 9.72 Å². The third kappa shape index (κ3) is 4.88. The quantitative estimate of drug-likeness (QED) is 0.307. The summed E-state index contributed by atoms with van der Waals surface area (Å²) in [5.74, 6) is 1.74. The Morgan fingerprint density at radius 2 is 2.07 bits per heavy atom. The number of guanidine groups is 1. The van der Waals surface area contributed by atoms with Crippen molar-refractivity contribution < 1.29 is 4.74 Å². The Bertz CT molecular complexity index is 1040. The molecule has 30 heavy (non-hydrogen) atoms. The molecule has 1 aliphatic rings. The maximum Gasteiger partial charge on any atom is 0.191 e. The minimum atomic E-state index is -0.223. The van der Waals surface area contributed by atoms with E-state index >= 15 is 0 Å². The SMILES string of the molecule is CN=C(NCCc1cn2cccc(C)c2n1)NC1CC(C)(C)Oc2ccccc21.I. The van der Waals surface area contributed by atoms with Crippen molar-refractivity contribution in [3.63, 3.8) is 0 Å². The molecule has 7 heteroatoms. The average Bonchev–Trinajstić information content (AvgIpc) is 3.10. The zero-order chi connectivity index (χ0) is 20.4. The molecule has 6 nitrogen and oxygen atoms in total. The van der Waals surface area contributed by atoms with Crippen molar-refractivity contribution in [1.29, 1.82) is 0 Å². The van der Waals surface area contributed by atoms with E-state index in [1.807, 2.05) is 24.4 Å². The van der Waals surface area contributed by atoms with Crippen molar-refractivity contribution in [1.82, 2.24) is 20.0 Å². The Hall–Kier alpha value is -2.29. The molecule has 4 rings (SSSR count). The number of aromatic nitrogens is 2. The predicted octanol–water partition coefficient (Wildman–Crippen LogP) is 4.27. The highest BCUT2D eigenvalue weighted by atomic mass is 127. The number of pyridine rings is 1. The summed E-state index contributed by atoms with van der Waals surface area (Å²) in [5.41, 5.74) is 4.22. The predicted molar refractivity (Wildman–Crippen MR) is 132 cm³/mol. The number of aliphatic imine (C=N–C) groups is 1. The van der Waals surface area contributed by atoms with E-state index in [9.17, 15) is 0 Å². The standard InChI is InChI=1S/C23H29N5O.HI/c1-16-8-7-13-28-15-17(26-21(16)28)11-12-25-22(24-4)27-19-14-23(2,3)29-20-10-6-5-9-18(19)20;/h5-10,13,15,19H,11-12,14H2,1-4H3,(H2,24,25,27);1H. The number of ether oxygens (including phenoxy) is 1. The average molecular weight is 519 g/mol. The molecule has 1 unspecified atom stereocenters. The third-order valence-electron chi connectivity index (χ3n) is 5.31. The summed E-state index contributed by atoms with van der Waals surface area (Å²) in [5, 5.41) is 7.00. The number of nitrogens with zero attached hydrogens (tertiary/aromatic N) is 3. The van der Waals surface area contributed by atoms with E-state index in [1.165, 1.54) is 11.1 Å². The van der Waals surface area contributed by atoms with Crippen molar-refractivity contribution in [3.05, 3.63) is 65.6 Å². The van der Waals surface area contributed by atoms with Crippen LogP contribution >= 0.6 is 24.0 Å². The molecular formula is C23H30IN5O. The first-order chi connectivity index (χ1) is 13.9. The number of benzene rings is 1. The van der Waals surface area contributed by atoms with E-state index in [0.29, 0.717) is 0 Å². The molecule has 1 aromatic carbocycles. The van der Waals surface area contributed by atoms with Crippen LogP contribution in [0.1, 0.15) is 43.1 Å². The summed E-state index contributed by atoms with van der Waals surface area (Å²) in [6.07, 6.45) is 5.84. The van der Waals surface area contributed by atoms with E-state index in [0.717, 1.165) is 42.4 Å². The van der Waals surface area contributed by atoms with Gasteiger partial charge in [-0.05, 0) is 38.5 Å². The van der Waals surface area contributed by atoms with Gasteiger partial charge >= 0.3 is 0 Å². The fraction of sp³-hybridized carbons (Fsp3) is 0.391. The van der Waals surface area contributed by atoms with Crippen molar-refractivity contribution in [3.8, 4) is 5.75 Å². The van der Waals surface area contributed by atoms with Gasteiger partial charge in [0.1, 0.15) is 17.0 Å². The highest BCUT2D eigenvalue weighted by molar-refractivity contribution is 14.0. The summed E-state index contributed by atoms with van der Waals surface area (Å²) in [6.45, 7) is 7.10. The van der Waals surface area contributed by atoms with Gasteiger partial charge in [-0.15, -0.1) is 24.0 Å². The first-order valence-electron chi connectivity index (χ1n) is 10.1. The lowest BCUT2D eigenvalue weighted by Crippen LogP contribution is -2.45. The van der Waals surface area contributed by atoms with Crippen LogP contribution in [0.5, 0.6) is 5.75 Å². The van der Waals surface area contributed by atoms with Crippen molar-refractivity contribution in [2.24, 2.45) is 4.99 Å². The molecule has 0 bridgehead atoms. The minimum Gasteiger partial charge on any atom is -0.487 e. The Kier molecular flexibility index (Phi) is 6.90. The number of hydrogen-bond acceptors (Lipinski definition) is 3. The van der Waals surface area contributed by atoms with Gasteiger partial charge in [0.2, 0.25) is 0 Å². The summed E-state index contributed by atoms with van der Waals surface area (Å²) < 4.78 is 8.21. The molecule has 0 saturated heterocycles. The first kappa shape index (κ1) is 22.4. The zero-order valence-electron chi connectivity index (χ0n) is 18.0. The second-order valence-electron chi connectivity index (χ2n) is 8.20. The van der Waals surface area contributed by atoms with E-state index in [2.05, 4.69) is 65.2 Å². The Morgan fingerprint density at radius 1 is 1.27 bits per heavy atom. The zero-order valence-corrected chi connectivity index (χ0v) is 20.3. The lowest BCUT2D eigenvalue weighted by atomic mass is 9.90. The second-order valence-corrected chi connectivity index (χ2v) is 8.20. The van der Waals surface area contributed by atoms with Crippen LogP contribution in [0, 0.1) is 6.92 Å². The van der Waals surface area contributed by atoms with Crippen LogP contribution in [0.4, 0.5) is 0 Å². The van der Waals surface area contributed by atoms with Gasteiger partial charge < -0.3 is 19.8 Å². The van der Waals surface area contributed by atoms with Gasteiger partial charge in [-0.1, -0.05) is 24.3 Å². The molecule has 0 saturated carbocycles. The highest BCUT2D eigenvalue weighted by Gasteiger charge is 2.33. The molecule has 0 aliphatic carbocycles. The van der Waals surface area contributed by atoms with Crippen LogP contribution < -0.4 is 15.4 Å². The Labute approximate surface area is 195 Å². The van der Waals surface area contributed by atoms with Crippen LogP contribution in [-0.4, -0.2) is 34.5 Å². The fourth-order valence-corrected chi connectivity index (χ4v) is 3.92. The van der Waals surface area contributed by atoms with Crippen molar-refractivity contribution in [2.45, 2.75) is 45.3 Å². The van der Waals surface area contributed by atoms with Crippen LogP contribution in [0.3, 0.4) is 0 Å². The summed E-state index contributed by atoms with van der Waals surface area (Å²) in [7, 11) is 1.81.